The molecule has 2 heterocycles. The van der Waals surface area contributed by atoms with Crippen molar-refractivity contribution in [1.82, 2.24) is 25.3 Å². The van der Waals surface area contributed by atoms with Crippen LogP contribution in [0.5, 0.6) is 0 Å². The fraction of sp³-hybridized carbons (Fsp3) is 0.250. The Morgan fingerprint density at radius 2 is 1.85 bits per heavy atom. The van der Waals surface area contributed by atoms with E-state index in [9.17, 15) is 24.3 Å². The van der Waals surface area contributed by atoms with E-state index in [1.165, 1.54) is 18.3 Å². The lowest BCUT2D eigenvalue weighted by Gasteiger charge is -2.19. The third-order valence-electron chi connectivity index (χ3n) is 4.71. The van der Waals surface area contributed by atoms with E-state index in [1.54, 1.807) is 19.2 Å². The van der Waals surface area contributed by atoms with Gasteiger partial charge in [-0.15, -0.1) is 0 Å². The molecule has 14 nitrogen and oxygen atoms in total. The van der Waals surface area contributed by atoms with E-state index in [-0.39, 0.29) is 41.0 Å². The number of carboxylic acid groups (broad SMARTS) is 2. The van der Waals surface area contributed by atoms with E-state index >= 15 is 0 Å². The molecular formula is C20H23N7O7. The van der Waals surface area contributed by atoms with E-state index < -0.39 is 29.4 Å². The zero-order valence-corrected chi connectivity index (χ0v) is 18.0. The summed E-state index contributed by atoms with van der Waals surface area (Å²) in [4.78, 5) is 62.8. The first-order valence-corrected chi connectivity index (χ1v) is 9.72. The molecule has 0 aliphatic heterocycles. The van der Waals surface area contributed by atoms with Gasteiger partial charge in [-0.25, -0.2) is 14.8 Å². The number of nitrogens with two attached hydrogens (primary N) is 1. The Morgan fingerprint density at radius 3 is 2.47 bits per heavy atom. The maximum atomic E-state index is 12.4. The summed E-state index contributed by atoms with van der Waals surface area (Å²) in [5.41, 5.74) is 6.66. The first-order valence-electron chi connectivity index (χ1n) is 9.72. The quantitative estimate of drug-likeness (QED) is 0.256. The van der Waals surface area contributed by atoms with Crippen molar-refractivity contribution in [3.63, 3.8) is 0 Å². The molecule has 1 unspecified atom stereocenters. The molecular weight excluding hydrogens is 450 g/mol. The fourth-order valence-electron chi connectivity index (χ4n) is 3.02. The minimum Gasteiger partial charge on any atom is -0.481 e. The smallest absolute Gasteiger partial charge is 0.326 e. The van der Waals surface area contributed by atoms with Crippen LogP contribution in [-0.4, -0.2) is 66.6 Å². The van der Waals surface area contributed by atoms with E-state index in [1.807, 2.05) is 4.90 Å². The number of nitrogen functional groups attached to an aromatic ring is 1. The number of carbonyl (C=O) groups excluding carboxylic acids is 1. The summed E-state index contributed by atoms with van der Waals surface area (Å²) in [6.07, 6.45) is 0.874. The van der Waals surface area contributed by atoms with E-state index in [2.05, 4.69) is 25.3 Å². The number of rotatable bonds is 9. The molecule has 0 aliphatic carbocycles. The minimum atomic E-state index is -1.31. The summed E-state index contributed by atoms with van der Waals surface area (Å²) in [6, 6.07) is 5.04. The first kappa shape index (κ1) is 25.7. The molecule has 180 valence electrons. The van der Waals surface area contributed by atoms with Gasteiger partial charge in [-0.2, -0.15) is 4.98 Å². The third kappa shape index (κ3) is 6.23. The van der Waals surface area contributed by atoms with Gasteiger partial charge >= 0.3 is 11.9 Å². The van der Waals surface area contributed by atoms with E-state index in [0.717, 1.165) is 5.69 Å². The summed E-state index contributed by atoms with van der Waals surface area (Å²) < 4.78 is 0. The first-order chi connectivity index (χ1) is 15.6. The van der Waals surface area contributed by atoms with Crippen LogP contribution in [0.4, 0.5) is 11.6 Å². The monoisotopic (exact) mass is 473 g/mol. The van der Waals surface area contributed by atoms with Gasteiger partial charge in [0.2, 0.25) is 5.95 Å². The summed E-state index contributed by atoms with van der Waals surface area (Å²) in [6.45, 7) is 0.300. The Balaban J connectivity index is 0.00000408. The Bertz CT molecular complexity index is 1260. The highest BCUT2D eigenvalue weighted by molar-refractivity contribution is 5.97. The van der Waals surface area contributed by atoms with Crippen LogP contribution in [-0.2, 0) is 16.1 Å². The van der Waals surface area contributed by atoms with Crippen LogP contribution in [0.25, 0.3) is 11.2 Å². The SMILES string of the molecule is CN(Cc1cnc2nc(N)[nH]c(=O)c2n1)c1ccc(C(=O)NC(CCC(=O)O)C(=O)O)cc1.O. The molecule has 34 heavy (non-hydrogen) atoms. The number of carbonyl (C=O) groups is 3. The van der Waals surface area contributed by atoms with Crippen LogP contribution in [0.2, 0.25) is 0 Å². The Kier molecular flexibility index (Phi) is 8.17. The van der Waals surface area contributed by atoms with Gasteiger partial charge in [0.15, 0.2) is 11.2 Å². The van der Waals surface area contributed by atoms with Gasteiger partial charge in [-0.1, -0.05) is 0 Å². The van der Waals surface area contributed by atoms with E-state index in [4.69, 9.17) is 10.8 Å². The van der Waals surface area contributed by atoms with Gasteiger partial charge in [-0.3, -0.25) is 19.4 Å². The zero-order chi connectivity index (χ0) is 24.1. The second kappa shape index (κ2) is 10.8. The Labute approximate surface area is 191 Å². The van der Waals surface area contributed by atoms with Gasteiger partial charge in [0.1, 0.15) is 6.04 Å². The third-order valence-corrected chi connectivity index (χ3v) is 4.71. The molecule has 1 amide bonds. The van der Waals surface area contributed by atoms with Crippen molar-refractivity contribution in [2.45, 2.75) is 25.4 Å². The fourth-order valence-corrected chi connectivity index (χ4v) is 3.02. The number of carboxylic acids is 2. The number of fused-ring (bicyclic) bond motifs is 1. The summed E-state index contributed by atoms with van der Waals surface area (Å²) in [5, 5.41) is 20.2. The number of hydrogen-bond acceptors (Lipinski definition) is 9. The van der Waals surface area contributed by atoms with E-state index in [0.29, 0.717) is 12.2 Å². The van der Waals surface area contributed by atoms with Crippen LogP contribution in [0, 0.1) is 0 Å². The number of aliphatic carboxylic acids is 2. The Morgan fingerprint density at radius 1 is 1.18 bits per heavy atom. The van der Waals surface area contributed by atoms with Crippen molar-refractivity contribution in [3.05, 3.63) is 52.1 Å². The van der Waals surface area contributed by atoms with Crippen molar-refractivity contribution in [2.24, 2.45) is 0 Å². The molecule has 14 heteroatoms. The molecule has 0 saturated carbocycles. The highest BCUT2D eigenvalue weighted by Crippen LogP contribution is 2.16. The van der Waals surface area contributed by atoms with Crippen LogP contribution < -0.4 is 21.5 Å². The van der Waals surface area contributed by atoms with Crippen molar-refractivity contribution >= 4 is 40.6 Å². The van der Waals surface area contributed by atoms with Gasteiger partial charge in [-0.05, 0) is 30.7 Å². The van der Waals surface area contributed by atoms with Crippen LogP contribution in [0.1, 0.15) is 28.9 Å². The number of nitrogens with zero attached hydrogens (tertiary/aromatic N) is 4. The largest absolute Gasteiger partial charge is 0.481 e. The summed E-state index contributed by atoms with van der Waals surface area (Å²) in [5.74, 6) is -3.14. The number of benzene rings is 1. The molecule has 2 aromatic heterocycles. The van der Waals surface area contributed by atoms with Crippen LogP contribution in [0.15, 0.2) is 35.3 Å². The van der Waals surface area contributed by atoms with Gasteiger partial charge in [0, 0.05) is 24.7 Å². The van der Waals surface area contributed by atoms with Crippen molar-refractivity contribution < 1.29 is 30.1 Å². The lowest BCUT2D eigenvalue weighted by molar-refractivity contribution is -0.140. The number of aromatic nitrogens is 4. The lowest BCUT2D eigenvalue weighted by atomic mass is 10.1. The van der Waals surface area contributed by atoms with Gasteiger partial charge < -0.3 is 31.6 Å². The molecule has 0 spiro atoms. The van der Waals surface area contributed by atoms with Crippen LogP contribution in [0.3, 0.4) is 0 Å². The van der Waals surface area contributed by atoms with Crippen molar-refractivity contribution in [2.75, 3.05) is 17.7 Å². The highest BCUT2D eigenvalue weighted by Gasteiger charge is 2.21. The van der Waals surface area contributed by atoms with Crippen molar-refractivity contribution in [3.8, 4) is 0 Å². The summed E-state index contributed by atoms with van der Waals surface area (Å²) >= 11 is 0. The highest BCUT2D eigenvalue weighted by atomic mass is 16.4. The average molecular weight is 473 g/mol. The normalized spacial score (nSPS) is 11.3. The molecule has 1 atom stereocenters. The van der Waals surface area contributed by atoms with Gasteiger partial charge in [0.25, 0.3) is 11.5 Å². The molecule has 0 radical (unpaired) electrons. The number of anilines is 2. The van der Waals surface area contributed by atoms with Crippen LogP contribution >= 0.6 is 0 Å². The molecule has 0 bridgehead atoms. The molecule has 3 rings (SSSR count). The number of nitrogens with one attached hydrogen (secondary N) is 2. The predicted octanol–water partition coefficient (Wildman–Crippen LogP) is -0.845. The second-order valence-electron chi connectivity index (χ2n) is 7.18. The second-order valence-corrected chi connectivity index (χ2v) is 7.18. The molecule has 1 aromatic carbocycles. The lowest BCUT2D eigenvalue weighted by Crippen LogP contribution is -2.41. The maximum Gasteiger partial charge on any atom is 0.326 e. The molecule has 8 N–H and O–H groups in total. The number of hydrogen-bond donors (Lipinski definition) is 5. The predicted molar refractivity (Wildman–Crippen MR) is 120 cm³/mol. The molecule has 3 aromatic rings. The molecule has 0 fully saturated rings. The average Bonchev–Trinajstić information content (AvgIpc) is 2.76. The minimum absolute atomic E-state index is 0. The topological polar surface area (TPSA) is 236 Å². The molecule has 0 saturated heterocycles. The number of amides is 1. The standard InChI is InChI=1S/C20H21N7O6.H2O/c1-27(9-11-8-22-16-15(23-11)18(31)26-20(21)25-16)12-4-2-10(3-5-12)17(30)24-13(19(32)33)6-7-14(28)29;/h2-5,8,13H,6-7,9H2,1H3,(H,24,30)(H,28,29)(H,32,33)(H3,21,22,25,26,31);1H2. The number of aromatic amines is 1. The summed E-state index contributed by atoms with van der Waals surface area (Å²) in [7, 11) is 1.78. The van der Waals surface area contributed by atoms with Gasteiger partial charge in [0.05, 0.1) is 18.4 Å². The maximum absolute atomic E-state index is 12.4. The Hall–Kier alpha value is -4.59. The van der Waals surface area contributed by atoms with Crippen molar-refractivity contribution in [1.29, 1.82) is 0 Å². The molecule has 0 aliphatic rings. The number of H-pyrrole nitrogens is 1. The zero-order valence-electron chi connectivity index (χ0n) is 18.0.